The van der Waals surface area contributed by atoms with Gasteiger partial charge in [0, 0.05) is 4.48 Å². The van der Waals surface area contributed by atoms with Crippen LogP contribution in [-0.4, -0.2) is 11.1 Å². The third kappa shape index (κ3) is 9.78. The number of rotatable bonds is 8. The van der Waals surface area contributed by atoms with Gasteiger partial charge in [0.1, 0.15) is 0 Å². The van der Waals surface area contributed by atoms with Crippen LogP contribution < -0.4 is 0 Å². The molecule has 0 saturated heterocycles. The van der Waals surface area contributed by atoms with Crippen LogP contribution in [0.3, 0.4) is 0 Å². The average Bonchev–Trinajstić information content (AvgIpc) is 2.10. The van der Waals surface area contributed by atoms with Crippen molar-refractivity contribution in [3.8, 4) is 0 Å². The van der Waals surface area contributed by atoms with E-state index in [2.05, 4.69) is 22.9 Å². The Labute approximate surface area is 94.5 Å². The molecule has 0 aliphatic heterocycles. The lowest BCUT2D eigenvalue weighted by Crippen LogP contribution is -1.92. The molecular weight excluding hydrogens is 244 g/mol. The lowest BCUT2D eigenvalue weighted by molar-refractivity contribution is -0.136. The molecule has 0 spiro atoms. The van der Waals surface area contributed by atoms with E-state index in [1.54, 1.807) is 0 Å². The Morgan fingerprint density at radius 3 is 2.50 bits per heavy atom. The third-order valence-electron chi connectivity index (χ3n) is 1.99. The van der Waals surface area contributed by atoms with E-state index >= 15 is 0 Å². The van der Waals surface area contributed by atoms with E-state index in [4.69, 9.17) is 5.11 Å². The molecule has 0 amide bonds. The number of allylic oxidation sites excluding steroid dienone is 1. The molecule has 0 unspecified atom stereocenters. The Bertz CT molecular complexity index is 188. The second kappa shape index (κ2) is 9.25. The molecule has 0 radical (unpaired) electrons. The topological polar surface area (TPSA) is 37.3 Å². The minimum Gasteiger partial charge on any atom is -0.481 e. The summed E-state index contributed by atoms with van der Waals surface area (Å²) in [6, 6.07) is 0. The fraction of sp³-hybridized carbons (Fsp3) is 0.727. The molecule has 3 heteroatoms. The molecule has 0 saturated carbocycles. The van der Waals surface area contributed by atoms with Crippen molar-refractivity contribution in [3.63, 3.8) is 0 Å². The van der Waals surface area contributed by atoms with Gasteiger partial charge in [-0.1, -0.05) is 54.6 Å². The highest BCUT2D eigenvalue weighted by atomic mass is 79.9. The lowest BCUT2D eigenvalue weighted by Gasteiger charge is -1.97. The highest BCUT2D eigenvalue weighted by molar-refractivity contribution is 9.11. The molecule has 0 atom stereocenters. The summed E-state index contributed by atoms with van der Waals surface area (Å²) in [5, 5.41) is 8.49. The highest BCUT2D eigenvalue weighted by Crippen LogP contribution is 2.13. The van der Waals surface area contributed by atoms with Gasteiger partial charge >= 0.3 is 5.97 Å². The molecule has 0 aromatic rings. The molecule has 0 rings (SSSR count). The molecule has 0 aromatic carbocycles. The zero-order valence-electron chi connectivity index (χ0n) is 8.76. The van der Waals surface area contributed by atoms with Gasteiger partial charge in [-0.2, -0.15) is 0 Å². The maximum Gasteiger partial charge on any atom is 0.308 e. The van der Waals surface area contributed by atoms with Gasteiger partial charge in [-0.3, -0.25) is 4.79 Å². The number of carboxylic acids is 1. The van der Waals surface area contributed by atoms with E-state index in [0.29, 0.717) is 0 Å². The zero-order chi connectivity index (χ0) is 10.8. The van der Waals surface area contributed by atoms with E-state index in [0.717, 1.165) is 17.3 Å². The summed E-state index contributed by atoms with van der Waals surface area (Å²) >= 11 is 3.24. The van der Waals surface area contributed by atoms with Gasteiger partial charge in [0.05, 0.1) is 6.42 Å². The maximum atomic E-state index is 10.3. The van der Waals surface area contributed by atoms with Crippen LogP contribution in [0.1, 0.15) is 51.9 Å². The second-order valence-electron chi connectivity index (χ2n) is 3.42. The van der Waals surface area contributed by atoms with Gasteiger partial charge in [-0.15, -0.1) is 0 Å². The minimum absolute atomic E-state index is 0.106. The Hall–Kier alpha value is -0.310. The molecule has 0 aliphatic carbocycles. The first-order valence-corrected chi connectivity index (χ1v) is 6.02. The second-order valence-corrected chi connectivity index (χ2v) is 4.44. The van der Waals surface area contributed by atoms with Crippen LogP contribution in [0.25, 0.3) is 0 Å². The van der Waals surface area contributed by atoms with E-state index < -0.39 is 5.97 Å². The summed E-state index contributed by atoms with van der Waals surface area (Å²) in [5.41, 5.74) is 0. The van der Waals surface area contributed by atoms with Gasteiger partial charge in [0.15, 0.2) is 0 Å². The van der Waals surface area contributed by atoms with Gasteiger partial charge in [0.2, 0.25) is 0 Å². The number of carbonyl (C=O) groups is 1. The standard InChI is InChI=1S/C11H19BrO2/c1-2-3-4-5-6-7-8-10(12)9-11(13)14/h8H,2-7,9H2,1H3,(H,13,14)/b10-8-. The summed E-state index contributed by atoms with van der Waals surface area (Å²) in [4.78, 5) is 10.3. The predicted molar refractivity (Wildman–Crippen MR) is 62.6 cm³/mol. The summed E-state index contributed by atoms with van der Waals surface area (Å²) in [5.74, 6) is -0.779. The van der Waals surface area contributed by atoms with Crippen molar-refractivity contribution in [3.05, 3.63) is 10.6 Å². The average molecular weight is 263 g/mol. The molecule has 82 valence electrons. The summed E-state index contributed by atoms with van der Waals surface area (Å²) in [6.07, 6.45) is 9.33. The first-order chi connectivity index (χ1) is 6.66. The van der Waals surface area contributed by atoms with Crippen LogP contribution in [0, 0.1) is 0 Å². The Balaban J connectivity index is 3.36. The number of hydrogen-bond acceptors (Lipinski definition) is 1. The number of halogens is 1. The highest BCUT2D eigenvalue weighted by Gasteiger charge is 1.98. The van der Waals surface area contributed by atoms with Gasteiger partial charge < -0.3 is 5.11 Å². The number of carboxylic acid groups (broad SMARTS) is 1. The monoisotopic (exact) mass is 262 g/mol. The minimum atomic E-state index is -0.779. The summed E-state index contributed by atoms with van der Waals surface area (Å²) < 4.78 is 0.792. The normalized spacial score (nSPS) is 11.7. The van der Waals surface area contributed by atoms with E-state index in [1.165, 1.54) is 25.7 Å². The van der Waals surface area contributed by atoms with Crippen molar-refractivity contribution < 1.29 is 9.90 Å². The van der Waals surface area contributed by atoms with Crippen LogP contribution in [0.4, 0.5) is 0 Å². The Kier molecular flexibility index (Phi) is 9.05. The lowest BCUT2D eigenvalue weighted by atomic mass is 10.1. The van der Waals surface area contributed by atoms with E-state index in [1.807, 2.05) is 6.08 Å². The fourth-order valence-corrected chi connectivity index (χ4v) is 1.69. The molecule has 0 bridgehead atoms. The van der Waals surface area contributed by atoms with Crippen LogP contribution in [0.15, 0.2) is 10.6 Å². The molecule has 0 aliphatic rings. The van der Waals surface area contributed by atoms with Gasteiger partial charge in [-0.05, 0) is 12.8 Å². The first-order valence-electron chi connectivity index (χ1n) is 5.23. The molecule has 2 nitrogen and oxygen atoms in total. The first kappa shape index (κ1) is 13.7. The third-order valence-corrected chi connectivity index (χ3v) is 2.60. The maximum absolute atomic E-state index is 10.3. The number of aliphatic carboxylic acids is 1. The quantitative estimate of drug-likeness (QED) is 0.669. The number of hydrogen-bond donors (Lipinski definition) is 1. The summed E-state index contributed by atoms with van der Waals surface area (Å²) in [6.45, 7) is 2.20. The van der Waals surface area contributed by atoms with Crippen LogP contribution in [0.2, 0.25) is 0 Å². The molecule has 0 heterocycles. The van der Waals surface area contributed by atoms with Crippen LogP contribution in [-0.2, 0) is 4.79 Å². The SMILES string of the molecule is CCCCCCC/C=C(\Br)CC(=O)O. The van der Waals surface area contributed by atoms with Crippen molar-refractivity contribution in [2.75, 3.05) is 0 Å². The summed E-state index contributed by atoms with van der Waals surface area (Å²) in [7, 11) is 0. The van der Waals surface area contributed by atoms with Crippen molar-refractivity contribution in [2.45, 2.75) is 51.9 Å². The molecule has 0 aromatic heterocycles. The zero-order valence-corrected chi connectivity index (χ0v) is 10.3. The van der Waals surface area contributed by atoms with Crippen LogP contribution in [0.5, 0.6) is 0 Å². The largest absolute Gasteiger partial charge is 0.481 e. The van der Waals surface area contributed by atoms with Crippen molar-refractivity contribution >= 4 is 21.9 Å². The van der Waals surface area contributed by atoms with E-state index in [-0.39, 0.29) is 6.42 Å². The molecule has 0 fully saturated rings. The predicted octanol–water partition coefficient (Wildman–Crippen LogP) is 4.10. The van der Waals surface area contributed by atoms with Gasteiger partial charge in [0.25, 0.3) is 0 Å². The molecule has 14 heavy (non-hydrogen) atoms. The van der Waals surface area contributed by atoms with Crippen molar-refractivity contribution in [1.29, 1.82) is 0 Å². The Morgan fingerprint density at radius 1 is 1.29 bits per heavy atom. The van der Waals surface area contributed by atoms with E-state index in [9.17, 15) is 4.79 Å². The molecule has 1 N–H and O–H groups in total. The van der Waals surface area contributed by atoms with Crippen molar-refractivity contribution in [2.24, 2.45) is 0 Å². The number of unbranched alkanes of at least 4 members (excludes halogenated alkanes) is 5. The fourth-order valence-electron chi connectivity index (χ4n) is 1.22. The Morgan fingerprint density at radius 2 is 1.93 bits per heavy atom. The molecular formula is C11H19BrO2. The van der Waals surface area contributed by atoms with Crippen molar-refractivity contribution in [1.82, 2.24) is 0 Å². The smallest absolute Gasteiger partial charge is 0.308 e. The van der Waals surface area contributed by atoms with Gasteiger partial charge in [-0.25, -0.2) is 0 Å². The van der Waals surface area contributed by atoms with Crippen LogP contribution >= 0.6 is 15.9 Å².